The SMILES string of the molecule is CC1=Cc2nc[nH]c2CC1C. The monoisotopic (exact) mass is 148 g/mol. The molecule has 1 unspecified atom stereocenters. The summed E-state index contributed by atoms with van der Waals surface area (Å²) >= 11 is 0. The molecule has 0 amide bonds. The predicted octanol–water partition coefficient (Wildman–Crippen LogP) is 2.01. The minimum Gasteiger partial charge on any atom is -0.348 e. The summed E-state index contributed by atoms with van der Waals surface area (Å²) in [7, 11) is 0. The number of imidazole rings is 1. The molecule has 0 aromatic carbocycles. The molecule has 1 aliphatic rings. The summed E-state index contributed by atoms with van der Waals surface area (Å²) in [5, 5.41) is 0. The van der Waals surface area contributed by atoms with E-state index in [9.17, 15) is 0 Å². The number of rotatable bonds is 0. The van der Waals surface area contributed by atoms with Gasteiger partial charge >= 0.3 is 0 Å². The molecule has 2 rings (SSSR count). The minimum absolute atomic E-state index is 0.669. The molecule has 1 heterocycles. The third kappa shape index (κ3) is 0.985. The van der Waals surface area contributed by atoms with Gasteiger partial charge in [-0.1, -0.05) is 12.5 Å². The van der Waals surface area contributed by atoms with Crippen molar-refractivity contribution >= 4 is 6.08 Å². The van der Waals surface area contributed by atoms with Crippen molar-refractivity contribution in [3.8, 4) is 0 Å². The fourth-order valence-electron chi connectivity index (χ4n) is 1.44. The molecule has 1 aliphatic carbocycles. The van der Waals surface area contributed by atoms with Crippen LogP contribution < -0.4 is 0 Å². The van der Waals surface area contributed by atoms with Crippen LogP contribution in [0.4, 0.5) is 0 Å². The molecule has 1 N–H and O–H groups in total. The molecule has 0 saturated carbocycles. The van der Waals surface area contributed by atoms with Crippen LogP contribution in [0, 0.1) is 5.92 Å². The number of hydrogen-bond donors (Lipinski definition) is 1. The number of fused-ring (bicyclic) bond motifs is 1. The van der Waals surface area contributed by atoms with Crippen LogP contribution in [0.3, 0.4) is 0 Å². The van der Waals surface area contributed by atoms with Crippen LogP contribution in [0.2, 0.25) is 0 Å². The fraction of sp³-hybridized carbons (Fsp3) is 0.444. The molecule has 0 spiro atoms. The van der Waals surface area contributed by atoms with E-state index in [0.717, 1.165) is 12.1 Å². The van der Waals surface area contributed by atoms with Crippen LogP contribution >= 0.6 is 0 Å². The van der Waals surface area contributed by atoms with E-state index < -0.39 is 0 Å². The minimum atomic E-state index is 0.669. The molecule has 11 heavy (non-hydrogen) atoms. The van der Waals surface area contributed by atoms with Crippen molar-refractivity contribution in [1.29, 1.82) is 0 Å². The Morgan fingerprint density at radius 1 is 1.64 bits per heavy atom. The van der Waals surface area contributed by atoms with E-state index in [-0.39, 0.29) is 0 Å². The lowest BCUT2D eigenvalue weighted by atomic mass is 9.91. The molecule has 58 valence electrons. The quantitative estimate of drug-likeness (QED) is 0.599. The van der Waals surface area contributed by atoms with Gasteiger partial charge in [-0.05, 0) is 25.3 Å². The summed E-state index contributed by atoms with van der Waals surface area (Å²) in [6.45, 7) is 4.41. The van der Waals surface area contributed by atoms with Crippen LogP contribution in [0.15, 0.2) is 11.9 Å². The van der Waals surface area contributed by atoms with Crippen molar-refractivity contribution in [1.82, 2.24) is 9.97 Å². The second-order valence-corrected chi connectivity index (χ2v) is 3.26. The van der Waals surface area contributed by atoms with Gasteiger partial charge in [0.05, 0.1) is 12.0 Å². The molecular weight excluding hydrogens is 136 g/mol. The van der Waals surface area contributed by atoms with Gasteiger partial charge in [-0.25, -0.2) is 4.98 Å². The van der Waals surface area contributed by atoms with Gasteiger partial charge in [-0.15, -0.1) is 0 Å². The average molecular weight is 148 g/mol. The van der Waals surface area contributed by atoms with Gasteiger partial charge in [-0.3, -0.25) is 0 Å². The highest BCUT2D eigenvalue weighted by Gasteiger charge is 2.15. The van der Waals surface area contributed by atoms with Gasteiger partial charge in [0.1, 0.15) is 0 Å². The first kappa shape index (κ1) is 6.65. The zero-order valence-electron chi connectivity index (χ0n) is 6.89. The number of aromatic nitrogens is 2. The number of hydrogen-bond acceptors (Lipinski definition) is 1. The van der Waals surface area contributed by atoms with Gasteiger partial charge in [0.25, 0.3) is 0 Å². The topological polar surface area (TPSA) is 28.7 Å². The summed E-state index contributed by atoms with van der Waals surface area (Å²) in [5.74, 6) is 0.669. The molecular formula is C9H12N2. The smallest absolute Gasteiger partial charge is 0.0929 e. The van der Waals surface area contributed by atoms with Crippen LogP contribution in [0.1, 0.15) is 25.2 Å². The third-order valence-corrected chi connectivity index (χ3v) is 2.40. The van der Waals surface area contributed by atoms with Crippen molar-refractivity contribution in [2.24, 2.45) is 5.92 Å². The van der Waals surface area contributed by atoms with Gasteiger partial charge in [0.2, 0.25) is 0 Å². The van der Waals surface area contributed by atoms with E-state index in [1.54, 1.807) is 6.33 Å². The van der Waals surface area contributed by atoms with Gasteiger partial charge < -0.3 is 4.98 Å². The Kier molecular flexibility index (Phi) is 1.34. The standard InChI is InChI=1S/C9H12N2/c1-6-3-8-9(4-7(6)2)11-5-10-8/h3,5,7H,4H2,1-2H3,(H,10,11). The summed E-state index contributed by atoms with van der Waals surface area (Å²) in [4.78, 5) is 7.36. The van der Waals surface area contributed by atoms with Crippen LogP contribution in [-0.4, -0.2) is 9.97 Å². The Balaban J connectivity index is 2.47. The van der Waals surface area contributed by atoms with Gasteiger partial charge in [-0.2, -0.15) is 0 Å². The molecule has 0 bridgehead atoms. The number of nitrogens with zero attached hydrogens (tertiary/aromatic N) is 1. The van der Waals surface area contributed by atoms with E-state index in [1.807, 2.05) is 0 Å². The highest BCUT2D eigenvalue weighted by molar-refractivity contribution is 5.54. The fourth-order valence-corrected chi connectivity index (χ4v) is 1.44. The van der Waals surface area contributed by atoms with Crippen molar-refractivity contribution < 1.29 is 0 Å². The highest BCUT2D eigenvalue weighted by Crippen LogP contribution is 2.24. The maximum atomic E-state index is 4.21. The zero-order valence-corrected chi connectivity index (χ0v) is 6.89. The third-order valence-electron chi connectivity index (χ3n) is 2.40. The second-order valence-electron chi connectivity index (χ2n) is 3.26. The molecule has 1 aromatic heterocycles. The zero-order chi connectivity index (χ0) is 7.84. The first-order valence-electron chi connectivity index (χ1n) is 3.98. The molecule has 1 aromatic rings. The first-order chi connectivity index (χ1) is 5.27. The van der Waals surface area contributed by atoms with Crippen LogP contribution in [0.5, 0.6) is 0 Å². The average Bonchev–Trinajstić information content (AvgIpc) is 2.36. The maximum absolute atomic E-state index is 4.21. The number of H-pyrrole nitrogens is 1. The Bertz CT molecular complexity index is 296. The summed E-state index contributed by atoms with van der Waals surface area (Å²) in [6, 6.07) is 0. The lowest BCUT2D eigenvalue weighted by molar-refractivity contribution is 0.660. The Morgan fingerprint density at radius 3 is 3.27 bits per heavy atom. The normalized spacial score (nSPS) is 22.7. The summed E-state index contributed by atoms with van der Waals surface area (Å²) in [6.07, 6.45) is 5.05. The van der Waals surface area contributed by atoms with Crippen molar-refractivity contribution in [3.05, 3.63) is 23.3 Å². The van der Waals surface area contributed by atoms with E-state index in [0.29, 0.717) is 5.92 Å². The van der Waals surface area contributed by atoms with E-state index >= 15 is 0 Å². The van der Waals surface area contributed by atoms with Gasteiger partial charge in [0.15, 0.2) is 0 Å². The lowest BCUT2D eigenvalue weighted by Gasteiger charge is -2.16. The Morgan fingerprint density at radius 2 is 2.45 bits per heavy atom. The Hall–Kier alpha value is -1.05. The number of nitrogens with one attached hydrogen (secondary N) is 1. The summed E-state index contributed by atoms with van der Waals surface area (Å²) < 4.78 is 0. The van der Waals surface area contributed by atoms with Crippen molar-refractivity contribution in [2.45, 2.75) is 20.3 Å². The van der Waals surface area contributed by atoms with E-state index in [1.165, 1.54) is 11.3 Å². The molecule has 2 nitrogen and oxygen atoms in total. The summed E-state index contributed by atoms with van der Waals surface area (Å²) in [5.41, 5.74) is 3.84. The molecule has 0 fully saturated rings. The molecule has 2 heteroatoms. The number of aromatic amines is 1. The first-order valence-corrected chi connectivity index (χ1v) is 3.98. The molecule has 0 aliphatic heterocycles. The van der Waals surface area contributed by atoms with E-state index in [4.69, 9.17) is 0 Å². The highest BCUT2D eigenvalue weighted by atomic mass is 14.9. The van der Waals surface area contributed by atoms with Crippen LogP contribution in [0.25, 0.3) is 6.08 Å². The van der Waals surface area contributed by atoms with Crippen molar-refractivity contribution in [2.75, 3.05) is 0 Å². The number of allylic oxidation sites excluding steroid dienone is 1. The van der Waals surface area contributed by atoms with Crippen molar-refractivity contribution in [3.63, 3.8) is 0 Å². The lowest BCUT2D eigenvalue weighted by Crippen LogP contribution is -2.07. The largest absolute Gasteiger partial charge is 0.348 e. The maximum Gasteiger partial charge on any atom is 0.0929 e. The molecule has 0 radical (unpaired) electrons. The van der Waals surface area contributed by atoms with Gasteiger partial charge in [0, 0.05) is 5.69 Å². The molecule has 0 saturated heterocycles. The van der Waals surface area contributed by atoms with Crippen LogP contribution in [-0.2, 0) is 6.42 Å². The molecule has 1 atom stereocenters. The predicted molar refractivity (Wildman–Crippen MR) is 45.1 cm³/mol. The Labute approximate surface area is 66.4 Å². The second kappa shape index (κ2) is 2.22. The van der Waals surface area contributed by atoms with E-state index in [2.05, 4.69) is 29.9 Å².